The molecule has 0 bridgehead atoms. The number of aryl methyl sites for hydroxylation is 1. The first-order valence-corrected chi connectivity index (χ1v) is 6.61. The zero-order valence-electron chi connectivity index (χ0n) is 11.5. The van der Waals surface area contributed by atoms with Gasteiger partial charge in [0.1, 0.15) is 5.76 Å². The van der Waals surface area contributed by atoms with Crippen LogP contribution >= 0.6 is 0 Å². The van der Waals surface area contributed by atoms with Crippen LogP contribution in [0.5, 0.6) is 0 Å². The van der Waals surface area contributed by atoms with Crippen LogP contribution in [0.15, 0.2) is 10.6 Å². The lowest BCUT2D eigenvalue weighted by Crippen LogP contribution is -2.28. The highest BCUT2D eigenvalue weighted by Gasteiger charge is 2.08. The molecule has 0 aliphatic heterocycles. The van der Waals surface area contributed by atoms with Gasteiger partial charge in [-0.05, 0) is 26.4 Å². The molecule has 0 spiro atoms. The maximum atomic E-state index is 11.7. The number of nitrogens with zero attached hydrogens (tertiary/aromatic N) is 2. The fourth-order valence-corrected chi connectivity index (χ4v) is 1.70. The maximum absolute atomic E-state index is 11.7. The molecule has 102 valence electrons. The molecule has 1 aromatic heterocycles. The lowest BCUT2D eigenvalue weighted by atomic mass is 10.3. The van der Waals surface area contributed by atoms with Crippen molar-refractivity contribution in [1.29, 1.82) is 0 Å². The Bertz CT molecular complexity index is 363. The molecule has 1 N–H and O–H groups in total. The van der Waals surface area contributed by atoms with E-state index in [2.05, 4.69) is 29.2 Å². The predicted molar refractivity (Wildman–Crippen MR) is 71.5 cm³/mol. The van der Waals surface area contributed by atoms with Crippen LogP contribution in [0.2, 0.25) is 0 Å². The Morgan fingerprint density at radius 1 is 1.44 bits per heavy atom. The van der Waals surface area contributed by atoms with Crippen molar-refractivity contribution in [2.45, 2.75) is 40.0 Å². The van der Waals surface area contributed by atoms with E-state index in [1.165, 1.54) is 12.8 Å². The molecule has 0 aromatic carbocycles. The van der Waals surface area contributed by atoms with E-state index in [0.29, 0.717) is 18.0 Å². The summed E-state index contributed by atoms with van der Waals surface area (Å²) in [6.07, 6.45) is 2.85. The van der Waals surface area contributed by atoms with Gasteiger partial charge in [-0.2, -0.15) is 0 Å². The van der Waals surface area contributed by atoms with Crippen LogP contribution in [-0.2, 0) is 4.79 Å². The van der Waals surface area contributed by atoms with Crippen molar-refractivity contribution < 1.29 is 9.32 Å². The fraction of sp³-hybridized carbons (Fsp3) is 0.692. The number of nitrogens with one attached hydrogen (secondary N) is 1. The summed E-state index contributed by atoms with van der Waals surface area (Å²) in [4.78, 5) is 14.0. The molecule has 0 saturated carbocycles. The third kappa shape index (κ3) is 5.31. The Kier molecular flexibility index (Phi) is 6.43. The topological polar surface area (TPSA) is 58.4 Å². The molecular weight excluding hydrogens is 230 g/mol. The van der Waals surface area contributed by atoms with E-state index in [4.69, 9.17) is 4.52 Å². The molecule has 1 heterocycles. The summed E-state index contributed by atoms with van der Waals surface area (Å²) in [6, 6.07) is 1.71. The fourth-order valence-electron chi connectivity index (χ4n) is 1.70. The Labute approximate surface area is 109 Å². The number of anilines is 1. The van der Waals surface area contributed by atoms with Crippen LogP contribution in [0.3, 0.4) is 0 Å². The summed E-state index contributed by atoms with van der Waals surface area (Å²) in [7, 11) is 0. The van der Waals surface area contributed by atoms with Crippen molar-refractivity contribution in [2.75, 3.05) is 25.0 Å². The molecule has 5 heteroatoms. The predicted octanol–water partition coefficient (Wildman–Crippen LogP) is 2.43. The molecule has 0 unspecified atom stereocenters. The van der Waals surface area contributed by atoms with Gasteiger partial charge in [0.2, 0.25) is 5.91 Å². The van der Waals surface area contributed by atoms with Crippen molar-refractivity contribution in [3.05, 3.63) is 11.8 Å². The number of hydrogen-bond donors (Lipinski definition) is 1. The standard InChI is InChI=1S/C13H23N3O2/c1-4-6-8-16(5-2)9-7-13(17)14-12-10-11(3)18-15-12/h10H,4-9H2,1-3H3,(H,14,15,17). The van der Waals surface area contributed by atoms with Crippen LogP contribution in [0.4, 0.5) is 5.82 Å². The van der Waals surface area contributed by atoms with Gasteiger partial charge in [0.05, 0.1) is 0 Å². The van der Waals surface area contributed by atoms with Gasteiger partial charge >= 0.3 is 0 Å². The van der Waals surface area contributed by atoms with Crippen LogP contribution in [0, 0.1) is 6.92 Å². The number of aromatic nitrogens is 1. The van der Waals surface area contributed by atoms with Gasteiger partial charge < -0.3 is 14.7 Å². The van der Waals surface area contributed by atoms with Crippen LogP contribution in [-0.4, -0.2) is 35.6 Å². The van der Waals surface area contributed by atoms with Crippen LogP contribution < -0.4 is 5.32 Å². The monoisotopic (exact) mass is 253 g/mol. The molecule has 1 aromatic rings. The molecule has 0 atom stereocenters. The number of unbranched alkanes of at least 4 members (excludes halogenated alkanes) is 1. The Hall–Kier alpha value is -1.36. The normalized spacial score (nSPS) is 10.9. The molecule has 18 heavy (non-hydrogen) atoms. The summed E-state index contributed by atoms with van der Waals surface area (Å²) in [5, 5.41) is 6.46. The number of carbonyl (C=O) groups is 1. The molecule has 0 aliphatic rings. The van der Waals surface area contributed by atoms with E-state index in [9.17, 15) is 4.79 Å². The summed E-state index contributed by atoms with van der Waals surface area (Å²) in [6.45, 7) is 8.92. The number of amides is 1. The van der Waals surface area contributed by atoms with Gasteiger partial charge in [-0.15, -0.1) is 0 Å². The molecule has 0 fully saturated rings. The van der Waals surface area contributed by atoms with Gasteiger partial charge in [0.15, 0.2) is 5.82 Å². The Morgan fingerprint density at radius 3 is 2.78 bits per heavy atom. The van der Waals surface area contributed by atoms with Crippen molar-refractivity contribution in [3.8, 4) is 0 Å². The van der Waals surface area contributed by atoms with E-state index >= 15 is 0 Å². The second kappa shape index (κ2) is 7.87. The summed E-state index contributed by atoms with van der Waals surface area (Å²) in [5.74, 6) is 1.18. The molecule has 1 amide bonds. The zero-order valence-corrected chi connectivity index (χ0v) is 11.5. The number of rotatable bonds is 8. The highest BCUT2D eigenvalue weighted by molar-refractivity contribution is 5.89. The van der Waals surface area contributed by atoms with Gasteiger partial charge in [0.25, 0.3) is 0 Å². The quantitative estimate of drug-likeness (QED) is 0.773. The third-order valence-corrected chi connectivity index (χ3v) is 2.83. The average molecular weight is 253 g/mol. The Morgan fingerprint density at radius 2 is 2.22 bits per heavy atom. The first-order valence-electron chi connectivity index (χ1n) is 6.61. The molecule has 0 radical (unpaired) electrons. The minimum absolute atomic E-state index is 0.0155. The first kappa shape index (κ1) is 14.7. The van der Waals surface area contributed by atoms with Crippen LogP contribution in [0.25, 0.3) is 0 Å². The van der Waals surface area contributed by atoms with E-state index in [1.54, 1.807) is 13.0 Å². The van der Waals surface area contributed by atoms with E-state index < -0.39 is 0 Å². The van der Waals surface area contributed by atoms with E-state index in [0.717, 1.165) is 19.6 Å². The largest absolute Gasteiger partial charge is 0.360 e. The molecular formula is C13H23N3O2. The lowest BCUT2D eigenvalue weighted by molar-refractivity contribution is -0.116. The summed E-state index contributed by atoms with van der Waals surface area (Å²) < 4.78 is 4.89. The SMILES string of the molecule is CCCCN(CC)CCC(=O)Nc1cc(C)on1. The van der Waals surface area contributed by atoms with Crippen molar-refractivity contribution in [2.24, 2.45) is 0 Å². The number of hydrogen-bond acceptors (Lipinski definition) is 4. The van der Waals surface area contributed by atoms with Gasteiger partial charge in [0, 0.05) is 19.0 Å². The second-order valence-electron chi connectivity index (χ2n) is 4.41. The maximum Gasteiger partial charge on any atom is 0.226 e. The van der Waals surface area contributed by atoms with Gasteiger partial charge in [-0.1, -0.05) is 25.4 Å². The summed E-state index contributed by atoms with van der Waals surface area (Å²) in [5.41, 5.74) is 0. The van der Waals surface area contributed by atoms with Crippen LogP contribution in [0.1, 0.15) is 38.9 Å². The summed E-state index contributed by atoms with van der Waals surface area (Å²) >= 11 is 0. The average Bonchev–Trinajstić information content (AvgIpc) is 2.75. The van der Waals surface area contributed by atoms with Gasteiger partial charge in [-0.3, -0.25) is 4.79 Å². The Balaban J connectivity index is 2.27. The van der Waals surface area contributed by atoms with Gasteiger partial charge in [-0.25, -0.2) is 0 Å². The molecule has 0 saturated heterocycles. The number of carbonyl (C=O) groups excluding carboxylic acids is 1. The van der Waals surface area contributed by atoms with Crippen molar-refractivity contribution in [1.82, 2.24) is 10.1 Å². The highest BCUT2D eigenvalue weighted by atomic mass is 16.5. The minimum Gasteiger partial charge on any atom is -0.360 e. The molecule has 5 nitrogen and oxygen atoms in total. The van der Waals surface area contributed by atoms with Crippen molar-refractivity contribution >= 4 is 11.7 Å². The lowest BCUT2D eigenvalue weighted by Gasteiger charge is -2.19. The molecule has 1 rings (SSSR count). The minimum atomic E-state index is -0.0155. The smallest absolute Gasteiger partial charge is 0.226 e. The van der Waals surface area contributed by atoms with E-state index in [1.807, 2.05) is 0 Å². The second-order valence-corrected chi connectivity index (χ2v) is 4.41. The zero-order chi connectivity index (χ0) is 13.4. The van der Waals surface area contributed by atoms with E-state index in [-0.39, 0.29) is 5.91 Å². The molecule has 0 aliphatic carbocycles. The highest BCUT2D eigenvalue weighted by Crippen LogP contribution is 2.07. The third-order valence-electron chi connectivity index (χ3n) is 2.83. The first-order chi connectivity index (χ1) is 8.65. The van der Waals surface area contributed by atoms with Crippen molar-refractivity contribution in [3.63, 3.8) is 0 Å².